The normalized spacial score (nSPS) is 18.7. The number of halogens is 1. The molecule has 0 amide bonds. The van der Waals surface area contributed by atoms with Gasteiger partial charge >= 0.3 is 0 Å². The summed E-state index contributed by atoms with van der Waals surface area (Å²) in [6, 6.07) is 13.9. The number of nitrogens with zero attached hydrogens (tertiary/aromatic N) is 1. The van der Waals surface area contributed by atoms with Crippen molar-refractivity contribution in [2.45, 2.75) is 38.8 Å². The minimum absolute atomic E-state index is 0.0127. The van der Waals surface area contributed by atoms with E-state index in [-0.39, 0.29) is 11.9 Å². The largest absolute Gasteiger partial charge is 0.338 e. The van der Waals surface area contributed by atoms with Gasteiger partial charge in [-0.1, -0.05) is 18.2 Å². The monoisotopic (exact) mass is 284 g/mol. The Morgan fingerprint density at radius 1 is 1.24 bits per heavy atom. The van der Waals surface area contributed by atoms with Gasteiger partial charge in [0.2, 0.25) is 0 Å². The van der Waals surface area contributed by atoms with E-state index >= 15 is 0 Å². The molecule has 2 aromatic carbocycles. The topological polar surface area (TPSA) is 29.3 Å². The molecule has 1 aliphatic rings. The highest BCUT2D eigenvalue weighted by molar-refractivity contribution is 5.73. The van der Waals surface area contributed by atoms with Crippen LogP contribution < -0.4 is 10.6 Å². The van der Waals surface area contributed by atoms with E-state index in [2.05, 4.69) is 36.1 Å². The van der Waals surface area contributed by atoms with Gasteiger partial charge in [-0.15, -0.1) is 0 Å². The molecule has 0 saturated heterocycles. The van der Waals surface area contributed by atoms with Crippen LogP contribution in [0.1, 0.15) is 25.0 Å². The van der Waals surface area contributed by atoms with Gasteiger partial charge in [0, 0.05) is 23.5 Å². The molecule has 110 valence electrons. The molecule has 3 heteroatoms. The highest BCUT2D eigenvalue weighted by atomic mass is 19.1. The Morgan fingerprint density at radius 2 is 2.00 bits per heavy atom. The quantitative estimate of drug-likeness (QED) is 0.929. The van der Waals surface area contributed by atoms with Crippen LogP contribution in [0.3, 0.4) is 0 Å². The van der Waals surface area contributed by atoms with Gasteiger partial charge in [0.15, 0.2) is 0 Å². The summed E-state index contributed by atoms with van der Waals surface area (Å²) in [7, 11) is 0. The Labute approximate surface area is 125 Å². The van der Waals surface area contributed by atoms with Crippen LogP contribution in [0.2, 0.25) is 0 Å². The molecule has 21 heavy (non-hydrogen) atoms. The first-order chi connectivity index (χ1) is 10.1. The van der Waals surface area contributed by atoms with E-state index in [1.807, 2.05) is 13.0 Å². The Bertz CT molecular complexity index is 651. The zero-order valence-electron chi connectivity index (χ0n) is 12.5. The van der Waals surface area contributed by atoms with Gasteiger partial charge in [0.05, 0.1) is 0 Å². The Morgan fingerprint density at radius 3 is 2.76 bits per heavy atom. The summed E-state index contributed by atoms with van der Waals surface area (Å²) < 4.78 is 13.6. The SMILES string of the molecule is CC(N)Cc1cc(F)ccc1N1c2ccccc2CC1C. The molecule has 2 atom stereocenters. The van der Waals surface area contributed by atoms with Crippen molar-refractivity contribution in [2.24, 2.45) is 5.73 Å². The highest BCUT2D eigenvalue weighted by Crippen LogP contribution is 2.40. The molecule has 0 saturated carbocycles. The second-order valence-electron chi connectivity index (χ2n) is 6.01. The van der Waals surface area contributed by atoms with Gasteiger partial charge < -0.3 is 10.6 Å². The van der Waals surface area contributed by atoms with Gasteiger partial charge in [0.25, 0.3) is 0 Å². The van der Waals surface area contributed by atoms with Crippen molar-refractivity contribution in [3.05, 3.63) is 59.4 Å². The first-order valence-corrected chi connectivity index (χ1v) is 7.47. The lowest BCUT2D eigenvalue weighted by Gasteiger charge is -2.28. The van der Waals surface area contributed by atoms with Crippen molar-refractivity contribution >= 4 is 11.4 Å². The molecule has 0 aromatic heterocycles. The third-order valence-corrected chi connectivity index (χ3v) is 4.05. The van der Waals surface area contributed by atoms with E-state index in [0.717, 1.165) is 17.7 Å². The second kappa shape index (κ2) is 5.49. The minimum atomic E-state index is -0.200. The number of nitrogens with two attached hydrogens (primary N) is 1. The van der Waals surface area contributed by atoms with E-state index in [0.29, 0.717) is 12.5 Å². The maximum Gasteiger partial charge on any atom is 0.123 e. The molecule has 2 aromatic rings. The third-order valence-electron chi connectivity index (χ3n) is 4.05. The smallest absolute Gasteiger partial charge is 0.123 e. The molecule has 2 N–H and O–H groups in total. The average Bonchev–Trinajstić information content (AvgIpc) is 2.75. The summed E-state index contributed by atoms with van der Waals surface area (Å²) in [5, 5.41) is 0. The van der Waals surface area contributed by atoms with Crippen LogP contribution in [0.15, 0.2) is 42.5 Å². The average molecular weight is 284 g/mol. The number of benzene rings is 2. The van der Waals surface area contributed by atoms with Crippen molar-refractivity contribution in [2.75, 3.05) is 4.90 Å². The van der Waals surface area contributed by atoms with Crippen molar-refractivity contribution in [3.8, 4) is 0 Å². The zero-order chi connectivity index (χ0) is 15.0. The molecular weight excluding hydrogens is 263 g/mol. The van der Waals surface area contributed by atoms with Gasteiger partial charge in [-0.25, -0.2) is 4.39 Å². The molecule has 2 unspecified atom stereocenters. The summed E-state index contributed by atoms with van der Waals surface area (Å²) in [5.41, 5.74) is 10.6. The maximum atomic E-state index is 13.6. The molecule has 0 radical (unpaired) electrons. The van der Waals surface area contributed by atoms with Crippen molar-refractivity contribution < 1.29 is 4.39 Å². The van der Waals surface area contributed by atoms with Crippen molar-refractivity contribution in [3.63, 3.8) is 0 Å². The lowest BCUT2D eigenvalue weighted by molar-refractivity contribution is 0.621. The lowest BCUT2D eigenvalue weighted by Crippen LogP contribution is -2.26. The lowest BCUT2D eigenvalue weighted by atomic mass is 10.0. The fourth-order valence-corrected chi connectivity index (χ4v) is 3.23. The standard InChI is InChI=1S/C18H21FN2/c1-12(20)9-15-11-16(19)7-8-18(15)21-13(2)10-14-5-3-4-6-17(14)21/h3-8,11-13H,9-10,20H2,1-2H3. The number of hydrogen-bond acceptors (Lipinski definition) is 2. The minimum Gasteiger partial charge on any atom is -0.338 e. The molecule has 0 spiro atoms. The Balaban J connectivity index is 2.08. The summed E-state index contributed by atoms with van der Waals surface area (Å²) in [6.45, 7) is 4.16. The summed E-state index contributed by atoms with van der Waals surface area (Å²) in [6.07, 6.45) is 1.70. The van der Waals surface area contributed by atoms with Crippen LogP contribution >= 0.6 is 0 Å². The summed E-state index contributed by atoms with van der Waals surface area (Å²) in [5.74, 6) is -0.200. The predicted molar refractivity (Wildman–Crippen MR) is 85.5 cm³/mol. The van der Waals surface area contributed by atoms with Crippen LogP contribution in [0.4, 0.5) is 15.8 Å². The predicted octanol–water partition coefficient (Wildman–Crippen LogP) is 3.80. The van der Waals surface area contributed by atoms with Crippen LogP contribution in [0.25, 0.3) is 0 Å². The van der Waals surface area contributed by atoms with Gasteiger partial charge in [-0.2, -0.15) is 0 Å². The molecule has 0 fully saturated rings. The van der Waals surface area contributed by atoms with E-state index < -0.39 is 0 Å². The van der Waals surface area contributed by atoms with Crippen LogP contribution in [-0.4, -0.2) is 12.1 Å². The summed E-state index contributed by atoms with van der Waals surface area (Å²) in [4.78, 5) is 2.31. The Hall–Kier alpha value is -1.87. The molecule has 0 bridgehead atoms. The van der Waals surface area contributed by atoms with Gasteiger partial charge in [-0.3, -0.25) is 0 Å². The number of anilines is 2. The number of rotatable bonds is 3. The molecule has 2 nitrogen and oxygen atoms in total. The molecule has 1 heterocycles. The number of hydrogen-bond donors (Lipinski definition) is 1. The van der Waals surface area contributed by atoms with E-state index in [1.54, 1.807) is 6.07 Å². The van der Waals surface area contributed by atoms with Crippen LogP contribution in [0.5, 0.6) is 0 Å². The van der Waals surface area contributed by atoms with Gasteiger partial charge in [0.1, 0.15) is 5.82 Å². The number of fused-ring (bicyclic) bond motifs is 1. The van der Waals surface area contributed by atoms with E-state index in [4.69, 9.17) is 5.73 Å². The van der Waals surface area contributed by atoms with Gasteiger partial charge in [-0.05, 0) is 62.1 Å². The molecule has 1 aliphatic heterocycles. The number of para-hydroxylation sites is 1. The fraction of sp³-hybridized carbons (Fsp3) is 0.333. The highest BCUT2D eigenvalue weighted by Gasteiger charge is 2.28. The van der Waals surface area contributed by atoms with Crippen molar-refractivity contribution in [1.82, 2.24) is 0 Å². The molecule has 0 aliphatic carbocycles. The molecular formula is C18H21FN2. The van der Waals surface area contributed by atoms with E-state index in [1.165, 1.54) is 17.3 Å². The fourth-order valence-electron chi connectivity index (χ4n) is 3.23. The molecule has 3 rings (SSSR count). The first-order valence-electron chi connectivity index (χ1n) is 7.47. The first kappa shape index (κ1) is 14.1. The van der Waals surface area contributed by atoms with Crippen molar-refractivity contribution in [1.29, 1.82) is 0 Å². The van der Waals surface area contributed by atoms with Crippen LogP contribution in [0, 0.1) is 5.82 Å². The second-order valence-corrected chi connectivity index (χ2v) is 6.01. The maximum absolute atomic E-state index is 13.6. The third kappa shape index (κ3) is 2.66. The zero-order valence-corrected chi connectivity index (χ0v) is 12.5. The Kier molecular flexibility index (Phi) is 3.68. The summed E-state index contributed by atoms with van der Waals surface area (Å²) >= 11 is 0. The van der Waals surface area contributed by atoms with Crippen LogP contribution in [-0.2, 0) is 12.8 Å². The van der Waals surface area contributed by atoms with E-state index in [9.17, 15) is 4.39 Å².